The van der Waals surface area contributed by atoms with Crippen molar-refractivity contribution in [1.29, 1.82) is 0 Å². The lowest BCUT2D eigenvalue weighted by atomic mass is 10.3. The lowest BCUT2D eigenvalue weighted by Crippen LogP contribution is -2.64. The van der Waals surface area contributed by atoms with Crippen LogP contribution in [0.3, 0.4) is 0 Å². The summed E-state index contributed by atoms with van der Waals surface area (Å²) >= 11 is 6.24. The molecular formula is C6H8Br2N2O3. The fourth-order valence-corrected chi connectivity index (χ4v) is 1.56. The molecule has 0 aromatic heterocycles. The summed E-state index contributed by atoms with van der Waals surface area (Å²) in [6, 6.07) is -0.557. The van der Waals surface area contributed by atoms with Gasteiger partial charge in [0.25, 0.3) is 5.91 Å². The van der Waals surface area contributed by atoms with Crippen molar-refractivity contribution in [3.8, 4) is 0 Å². The molecule has 3 amide bonds. The number of halogens is 2. The van der Waals surface area contributed by atoms with E-state index in [0.717, 1.165) is 0 Å². The first kappa shape index (κ1) is 10.9. The topological polar surface area (TPSA) is 67.4 Å². The van der Waals surface area contributed by atoms with E-state index < -0.39 is 21.4 Å². The van der Waals surface area contributed by atoms with Crippen LogP contribution < -0.4 is 10.6 Å². The van der Waals surface area contributed by atoms with Crippen LogP contribution in [0.15, 0.2) is 0 Å². The van der Waals surface area contributed by atoms with Gasteiger partial charge >= 0.3 is 6.03 Å². The number of hydrogen-bond acceptors (Lipinski definition) is 3. The molecule has 1 aliphatic heterocycles. The first-order valence-corrected chi connectivity index (χ1v) is 5.18. The molecule has 1 fully saturated rings. The second-order valence-corrected chi connectivity index (χ2v) is 5.95. The molecule has 2 N–H and O–H groups in total. The van der Waals surface area contributed by atoms with Crippen molar-refractivity contribution in [3.05, 3.63) is 0 Å². The molecule has 1 rings (SSSR count). The van der Waals surface area contributed by atoms with E-state index in [1.54, 1.807) is 6.92 Å². The summed E-state index contributed by atoms with van der Waals surface area (Å²) in [5.74, 6) is -0.477. The summed E-state index contributed by atoms with van der Waals surface area (Å²) in [5, 5.41) is 4.55. The van der Waals surface area contributed by atoms with Crippen molar-refractivity contribution >= 4 is 43.8 Å². The molecule has 1 heterocycles. The predicted octanol–water partition coefficient (Wildman–Crippen LogP) is 0.675. The maximum Gasteiger partial charge on any atom is 0.323 e. The van der Waals surface area contributed by atoms with Crippen LogP contribution in [0.2, 0.25) is 0 Å². The Bertz CT molecular complexity index is 244. The number of nitrogens with one attached hydrogen (secondary N) is 2. The number of rotatable bonds is 2. The SMILES string of the molecule is CCOC1NC(=O)NC(=O)C1(Br)Br. The van der Waals surface area contributed by atoms with Crippen LogP contribution in [0.5, 0.6) is 0 Å². The van der Waals surface area contributed by atoms with Crippen LogP contribution in [-0.4, -0.2) is 28.0 Å². The van der Waals surface area contributed by atoms with Crippen LogP contribution in [-0.2, 0) is 9.53 Å². The van der Waals surface area contributed by atoms with E-state index in [-0.39, 0.29) is 0 Å². The van der Waals surface area contributed by atoms with Crippen molar-refractivity contribution in [2.45, 2.75) is 16.4 Å². The molecule has 0 aromatic carbocycles. The summed E-state index contributed by atoms with van der Waals surface area (Å²) in [4.78, 5) is 22.1. The summed E-state index contributed by atoms with van der Waals surface area (Å²) in [6.07, 6.45) is -0.709. The van der Waals surface area contributed by atoms with E-state index in [1.807, 2.05) is 0 Å². The minimum atomic E-state index is -1.09. The summed E-state index contributed by atoms with van der Waals surface area (Å²) in [7, 11) is 0. The van der Waals surface area contributed by atoms with Gasteiger partial charge in [-0.15, -0.1) is 0 Å². The van der Waals surface area contributed by atoms with Gasteiger partial charge in [-0.2, -0.15) is 0 Å². The first-order chi connectivity index (χ1) is 5.98. The minimum Gasteiger partial charge on any atom is -0.356 e. The average Bonchev–Trinajstić information content (AvgIpc) is 2.01. The normalized spacial score (nSPS) is 26.5. The smallest absolute Gasteiger partial charge is 0.323 e. The Morgan fingerprint density at radius 1 is 1.54 bits per heavy atom. The van der Waals surface area contributed by atoms with Gasteiger partial charge in [0, 0.05) is 6.61 Å². The van der Waals surface area contributed by atoms with Crippen molar-refractivity contribution < 1.29 is 14.3 Å². The highest BCUT2D eigenvalue weighted by atomic mass is 79.9. The molecular weight excluding hydrogens is 308 g/mol. The minimum absolute atomic E-state index is 0.400. The van der Waals surface area contributed by atoms with Gasteiger partial charge in [-0.25, -0.2) is 4.79 Å². The fraction of sp³-hybridized carbons (Fsp3) is 0.667. The lowest BCUT2D eigenvalue weighted by molar-refractivity contribution is -0.124. The quantitative estimate of drug-likeness (QED) is 0.736. The van der Waals surface area contributed by atoms with E-state index >= 15 is 0 Å². The Hall–Kier alpha value is -0.140. The van der Waals surface area contributed by atoms with Crippen molar-refractivity contribution in [3.63, 3.8) is 0 Å². The van der Waals surface area contributed by atoms with Crippen LogP contribution >= 0.6 is 31.9 Å². The third-order valence-corrected chi connectivity index (χ3v) is 3.01. The van der Waals surface area contributed by atoms with Gasteiger partial charge in [0.1, 0.15) is 0 Å². The van der Waals surface area contributed by atoms with Gasteiger partial charge in [-0.3, -0.25) is 10.1 Å². The number of urea groups is 1. The largest absolute Gasteiger partial charge is 0.356 e. The maximum absolute atomic E-state index is 11.3. The van der Waals surface area contributed by atoms with E-state index in [4.69, 9.17) is 4.74 Å². The number of imide groups is 1. The zero-order chi connectivity index (χ0) is 10.1. The third-order valence-electron chi connectivity index (χ3n) is 1.45. The Labute approximate surface area is 91.8 Å². The summed E-state index contributed by atoms with van der Waals surface area (Å²) in [5.41, 5.74) is 0. The standard InChI is InChI=1S/C6H8Br2N2O3/c1-2-13-4-6(7,8)3(11)9-5(12)10-4/h4H,2H2,1H3,(H2,9,10,11,12). The molecule has 0 aliphatic carbocycles. The Morgan fingerprint density at radius 2 is 2.15 bits per heavy atom. The number of ether oxygens (including phenoxy) is 1. The number of carbonyl (C=O) groups is 2. The highest BCUT2D eigenvalue weighted by molar-refractivity contribution is 9.26. The van der Waals surface area contributed by atoms with E-state index in [9.17, 15) is 9.59 Å². The molecule has 1 aliphatic rings. The number of amides is 3. The molecule has 0 saturated carbocycles. The number of hydrogen-bond donors (Lipinski definition) is 2. The second kappa shape index (κ2) is 3.93. The van der Waals surface area contributed by atoms with Gasteiger partial charge in [-0.1, -0.05) is 31.9 Å². The summed E-state index contributed by atoms with van der Waals surface area (Å²) in [6.45, 7) is 2.17. The molecule has 7 heteroatoms. The Morgan fingerprint density at radius 3 is 2.69 bits per heavy atom. The molecule has 1 saturated heterocycles. The zero-order valence-electron chi connectivity index (χ0n) is 6.77. The highest BCUT2D eigenvalue weighted by Gasteiger charge is 2.47. The molecule has 1 atom stereocenters. The molecule has 0 aromatic rings. The van der Waals surface area contributed by atoms with Gasteiger partial charge in [0.2, 0.25) is 3.23 Å². The van der Waals surface area contributed by atoms with Gasteiger partial charge in [-0.05, 0) is 6.92 Å². The van der Waals surface area contributed by atoms with Crippen molar-refractivity contribution in [2.75, 3.05) is 6.61 Å². The number of alkyl halides is 2. The molecule has 0 spiro atoms. The van der Waals surface area contributed by atoms with Crippen LogP contribution in [0.4, 0.5) is 4.79 Å². The second-order valence-electron chi connectivity index (χ2n) is 2.39. The first-order valence-electron chi connectivity index (χ1n) is 3.60. The molecule has 0 radical (unpaired) electrons. The zero-order valence-corrected chi connectivity index (χ0v) is 9.94. The third kappa shape index (κ3) is 2.21. The van der Waals surface area contributed by atoms with E-state index in [0.29, 0.717) is 6.61 Å². The van der Waals surface area contributed by atoms with E-state index in [2.05, 4.69) is 42.5 Å². The van der Waals surface area contributed by atoms with Crippen molar-refractivity contribution in [1.82, 2.24) is 10.6 Å². The highest BCUT2D eigenvalue weighted by Crippen LogP contribution is 2.32. The fourth-order valence-electron chi connectivity index (χ4n) is 0.864. The molecule has 13 heavy (non-hydrogen) atoms. The van der Waals surface area contributed by atoms with Crippen LogP contribution in [0, 0.1) is 0 Å². The Kier molecular flexibility index (Phi) is 3.31. The molecule has 5 nitrogen and oxygen atoms in total. The summed E-state index contributed by atoms with van der Waals surface area (Å²) < 4.78 is 4.06. The molecule has 1 unspecified atom stereocenters. The Balaban J connectivity index is 2.78. The monoisotopic (exact) mass is 314 g/mol. The average molecular weight is 316 g/mol. The van der Waals surface area contributed by atoms with Gasteiger partial charge in [0.05, 0.1) is 0 Å². The lowest BCUT2D eigenvalue weighted by Gasteiger charge is -2.33. The predicted molar refractivity (Wildman–Crippen MR) is 52.7 cm³/mol. The van der Waals surface area contributed by atoms with E-state index in [1.165, 1.54) is 0 Å². The van der Waals surface area contributed by atoms with Gasteiger partial charge in [0.15, 0.2) is 6.23 Å². The molecule has 0 bridgehead atoms. The maximum atomic E-state index is 11.3. The van der Waals surface area contributed by atoms with Crippen LogP contribution in [0.25, 0.3) is 0 Å². The van der Waals surface area contributed by atoms with Crippen LogP contribution in [0.1, 0.15) is 6.92 Å². The molecule has 74 valence electrons. The van der Waals surface area contributed by atoms with Gasteiger partial charge < -0.3 is 10.1 Å². The van der Waals surface area contributed by atoms with Crippen molar-refractivity contribution in [2.24, 2.45) is 0 Å². The number of carbonyl (C=O) groups excluding carboxylic acids is 2.